The predicted octanol–water partition coefficient (Wildman–Crippen LogP) is 2.89. The van der Waals surface area contributed by atoms with Crippen LogP contribution in [-0.4, -0.2) is 36.6 Å². The van der Waals surface area contributed by atoms with Crippen molar-refractivity contribution >= 4 is 17.8 Å². The maximum absolute atomic E-state index is 11.9. The van der Waals surface area contributed by atoms with Gasteiger partial charge in [-0.1, -0.05) is 31.2 Å². The Kier molecular flexibility index (Phi) is 7.42. The van der Waals surface area contributed by atoms with Crippen molar-refractivity contribution in [1.29, 1.82) is 0 Å². The SMILES string of the molecule is CCc1ccc(C(=O)COC(=O)CCNC(=O)OC(C)(C)C)cc1. The Morgan fingerprint density at radius 3 is 2.25 bits per heavy atom. The summed E-state index contributed by atoms with van der Waals surface area (Å²) in [5, 5.41) is 2.46. The molecule has 6 nitrogen and oxygen atoms in total. The number of carbonyl (C=O) groups is 3. The first-order valence-corrected chi connectivity index (χ1v) is 7.96. The van der Waals surface area contributed by atoms with Crippen LogP contribution in [0.5, 0.6) is 0 Å². The van der Waals surface area contributed by atoms with E-state index in [0.29, 0.717) is 5.56 Å². The monoisotopic (exact) mass is 335 g/mol. The van der Waals surface area contributed by atoms with Gasteiger partial charge in [-0.3, -0.25) is 9.59 Å². The fourth-order valence-electron chi connectivity index (χ4n) is 1.81. The summed E-state index contributed by atoms with van der Waals surface area (Å²) < 4.78 is 9.96. The highest BCUT2D eigenvalue weighted by Crippen LogP contribution is 2.07. The van der Waals surface area contributed by atoms with Crippen molar-refractivity contribution in [2.45, 2.75) is 46.1 Å². The smallest absolute Gasteiger partial charge is 0.407 e. The molecule has 0 spiro atoms. The first-order chi connectivity index (χ1) is 11.2. The summed E-state index contributed by atoms with van der Waals surface area (Å²) >= 11 is 0. The van der Waals surface area contributed by atoms with Crippen LogP contribution in [0.4, 0.5) is 4.79 Å². The molecule has 0 atom stereocenters. The maximum atomic E-state index is 11.9. The van der Waals surface area contributed by atoms with Gasteiger partial charge in [0.1, 0.15) is 5.60 Å². The molecule has 0 aromatic heterocycles. The summed E-state index contributed by atoms with van der Waals surface area (Å²) in [6.45, 7) is 7.06. The Hall–Kier alpha value is -2.37. The zero-order valence-electron chi connectivity index (χ0n) is 14.7. The molecule has 0 radical (unpaired) electrons. The number of rotatable bonds is 7. The molecule has 1 N–H and O–H groups in total. The number of nitrogens with one attached hydrogen (secondary N) is 1. The largest absolute Gasteiger partial charge is 0.457 e. The topological polar surface area (TPSA) is 81.7 Å². The maximum Gasteiger partial charge on any atom is 0.407 e. The minimum atomic E-state index is -0.595. The van der Waals surface area contributed by atoms with Crippen molar-refractivity contribution in [1.82, 2.24) is 5.32 Å². The minimum absolute atomic E-state index is 0.0265. The number of benzene rings is 1. The number of carbonyl (C=O) groups excluding carboxylic acids is 3. The van der Waals surface area contributed by atoms with Gasteiger partial charge in [-0.05, 0) is 32.8 Å². The third kappa shape index (κ3) is 7.76. The zero-order valence-corrected chi connectivity index (χ0v) is 14.7. The molecular formula is C18H25NO5. The summed E-state index contributed by atoms with van der Waals surface area (Å²) in [4.78, 5) is 34.9. The Morgan fingerprint density at radius 2 is 1.71 bits per heavy atom. The van der Waals surface area contributed by atoms with E-state index in [1.165, 1.54) is 0 Å². The average molecular weight is 335 g/mol. The molecule has 24 heavy (non-hydrogen) atoms. The summed E-state index contributed by atoms with van der Waals surface area (Å²) in [5.74, 6) is -0.810. The standard InChI is InChI=1S/C18H25NO5/c1-5-13-6-8-14(9-7-13)15(20)12-23-16(21)10-11-19-17(22)24-18(2,3)4/h6-9H,5,10-12H2,1-4H3,(H,19,22). The number of ether oxygens (including phenoxy) is 2. The highest BCUT2D eigenvalue weighted by molar-refractivity contribution is 5.97. The van der Waals surface area contributed by atoms with Crippen LogP contribution in [0.15, 0.2) is 24.3 Å². The van der Waals surface area contributed by atoms with Crippen LogP contribution in [-0.2, 0) is 20.7 Å². The quantitative estimate of drug-likeness (QED) is 0.612. The van der Waals surface area contributed by atoms with Crippen molar-refractivity contribution in [2.24, 2.45) is 0 Å². The molecule has 132 valence electrons. The summed E-state index contributed by atoms with van der Waals surface area (Å²) in [5.41, 5.74) is 1.05. The van der Waals surface area contributed by atoms with Gasteiger partial charge in [0.05, 0.1) is 6.42 Å². The number of esters is 1. The van der Waals surface area contributed by atoms with Gasteiger partial charge in [-0.2, -0.15) is 0 Å². The second kappa shape index (κ2) is 9.05. The van der Waals surface area contributed by atoms with Crippen LogP contribution in [0.25, 0.3) is 0 Å². The van der Waals surface area contributed by atoms with E-state index in [9.17, 15) is 14.4 Å². The molecule has 6 heteroatoms. The van der Waals surface area contributed by atoms with Gasteiger partial charge in [0, 0.05) is 12.1 Å². The number of ketones is 1. The van der Waals surface area contributed by atoms with E-state index in [1.54, 1.807) is 32.9 Å². The van der Waals surface area contributed by atoms with Gasteiger partial charge in [-0.25, -0.2) is 4.79 Å². The van der Waals surface area contributed by atoms with Crippen molar-refractivity contribution in [2.75, 3.05) is 13.2 Å². The fourth-order valence-corrected chi connectivity index (χ4v) is 1.81. The Labute approximate surface area is 142 Å². The molecule has 1 aromatic rings. The minimum Gasteiger partial charge on any atom is -0.457 e. The molecule has 0 unspecified atom stereocenters. The molecule has 1 aromatic carbocycles. The van der Waals surface area contributed by atoms with Crippen LogP contribution in [0.2, 0.25) is 0 Å². The van der Waals surface area contributed by atoms with Gasteiger partial charge in [-0.15, -0.1) is 0 Å². The number of Topliss-reactive ketones (excluding diaryl/α,β-unsaturated/α-hetero) is 1. The molecule has 0 fully saturated rings. The lowest BCUT2D eigenvalue weighted by atomic mass is 10.1. The van der Waals surface area contributed by atoms with Crippen molar-refractivity contribution < 1.29 is 23.9 Å². The summed E-state index contributed by atoms with van der Waals surface area (Å²) in [7, 11) is 0. The third-order valence-corrected chi connectivity index (χ3v) is 3.05. The molecule has 0 saturated heterocycles. The molecule has 0 saturated carbocycles. The van der Waals surface area contributed by atoms with E-state index in [4.69, 9.17) is 9.47 Å². The van der Waals surface area contributed by atoms with E-state index < -0.39 is 17.7 Å². The van der Waals surface area contributed by atoms with Gasteiger partial charge in [0.2, 0.25) is 0 Å². The van der Waals surface area contributed by atoms with Gasteiger partial charge in [0.25, 0.3) is 0 Å². The van der Waals surface area contributed by atoms with Crippen LogP contribution >= 0.6 is 0 Å². The fraction of sp³-hybridized carbons (Fsp3) is 0.500. The van der Waals surface area contributed by atoms with Crippen molar-refractivity contribution in [3.05, 3.63) is 35.4 Å². The first kappa shape index (κ1) is 19.7. The lowest BCUT2D eigenvalue weighted by molar-refractivity contribution is -0.142. The average Bonchev–Trinajstić information content (AvgIpc) is 2.51. The Balaban J connectivity index is 2.28. The van der Waals surface area contributed by atoms with Gasteiger partial charge < -0.3 is 14.8 Å². The molecule has 0 aliphatic carbocycles. The number of alkyl carbamates (subject to hydrolysis) is 1. The Bertz CT molecular complexity index is 572. The number of hydrogen-bond acceptors (Lipinski definition) is 5. The molecule has 0 aliphatic heterocycles. The van der Waals surface area contributed by atoms with E-state index in [2.05, 4.69) is 5.32 Å². The molecule has 0 bridgehead atoms. The van der Waals surface area contributed by atoms with Crippen LogP contribution in [0, 0.1) is 0 Å². The number of aryl methyl sites for hydroxylation is 1. The summed E-state index contributed by atoms with van der Waals surface area (Å²) in [6, 6.07) is 7.19. The Morgan fingerprint density at radius 1 is 1.08 bits per heavy atom. The normalized spacial score (nSPS) is 10.8. The second-order valence-corrected chi connectivity index (χ2v) is 6.31. The molecular weight excluding hydrogens is 310 g/mol. The number of hydrogen-bond donors (Lipinski definition) is 1. The highest BCUT2D eigenvalue weighted by Gasteiger charge is 2.16. The molecule has 1 amide bonds. The van der Waals surface area contributed by atoms with Crippen molar-refractivity contribution in [3.63, 3.8) is 0 Å². The molecule has 1 rings (SSSR count). The van der Waals surface area contributed by atoms with Gasteiger partial charge in [0.15, 0.2) is 12.4 Å². The lowest BCUT2D eigenvalue weighted by Gasteiger charge is -2.19. The first-order valence-electron chi connectivity index (χ1n) is 7.96. The van der Waals surface area contributed by atoms with Gasteiger partial charge >= 0.3 is 12.1 Å². The second-order valence-electron chi connectivity index (χ2n) is 6.31. The van der Waals surface area contributed by atoms with Crippen molar-refractivity contribution in [3.8, 4) is 0 Å². The van der Waals surface area contributed by atoms with E-state index in [-0.39, 0.29) is 25.4 Å². The van der Waals surface area contributed by atoms with Crippen LogP contribution in [0.3, 0.4) is 0 Å². The van der Waals surface area contributed by atoms with E-state index in [1.807, 2.05) is 19.1 Å². The van der Waals surface area contributed by atoms with Crippen LogP contribution in [0.1, 0.15) is 50.0 Å². The molecule has 0 heterocycles. The zero-order chi connectivity index (χ0) is 18.2. The predicted molar refractivity (Wildman–Crippen MR) is 90.0 cm³/mol. The van der Waals surface area contributed by atoms with E-state index in [0.717, 1.165) is 12.0 Å². The third-order valence-electron chi connectivity index (χ3n) is 3.05. The van der Waals surface area contributed by atoms with E-state index >= 15 is 0 Å². The molecule has 0 aliphatic rings. The van der Waals surface area contributed by atoms with Crippen LogP contribution < -0.4 is 5.32 Å². The lowest BCUT2D eigenvalue weighted by Crippen LogP contribution is -2.33. The summed E-state index contributed by atoms with van der Waals surface area (Å²) in [6.07, 6.45) is 0.275. The number of amides is 1. The highest BCUT2D eigenvalue weighted by atomic mass is 16.6.